The van der Waals surface area contributed by atoms with Crippen LogP contribution < -0.4 is 4.74 Å². The molecule has 1 aromatic rings. The molecule has 4 rings (SSSR count). The van der Waals surface area contributed by atoms with Crippen LogP contribution in [0.4, 0.5) is 0 Å². The molecule has 0 N–H and O–H groups in total. The van der Waals surface area contributed by atoms with Crippen molar-refractivity contribution in [1.29, 1.82) is 0 Å². The van der Waals surface area contributed by atoms with Gasteiger partial charge in [-0.1, -0.05) is 28.9 Å². The highest BCUT2D eigenvalue weighted by Gasteiger charge is 2.57. The van der Waals surface area contributed by atoms with Gasteiger partial charge in [-0.15, -0.1) is 0 Å². The lowest BCUT2D eigenvalue weighted by atomic mass is 9.55. The first-order chi connectivity index (χ1) is 11.4. The first kappa shape index (κ1) is 16.3. The second-order valence-electron chi connectivity index (χ2n) is 7.89. The summed E-state index contributed by atoms with van der Waals surface area (Å²) in [4.78, 5) is 23.8. The predicted octanol–water partition coefficient (Wildman–Crippen LogP) is 4.41. The van der Waals surface area contributed by atoms with Gasteiger partial charge in [-0.2, -0.15) is 0 Å². The van der Waals surface area contributed by atoms with E-state index in [1.165, 1.54) is 18.1 Å². The number of fused-ring (bicyclic) bond motifs is 5. The molecule has 2 saturated carbocycles. The minimum Gasteiger partial charge on any atom is -0.427 e. The molecule has 0 saturated heterocycles. The fraction of sp³-hybridized carbons (Fsp3) is 0.600. The van der Waals surface area contributed by atoms with Gasteiger partial charge in [0.2, 0.25) is 0 Å². The van der Waals surface area contributed by atoms with Crippen molar-refractivity contribution in [2.24, 2.45) is 17.3 Å². The Morgan fingerprint density at radius 1 is 1.33 bits per heavy atom. The second kappa shape index (κ2) is 5.69. The van der Waals surface area contributed by atoms with Crippen LogP contribution >= 0.6 is 15.9 Å². The molecule has 3 aliphatic carbocycles. The van der Waals surface area contributed by atoms with E-state index in [-0.39, 0.29) is 16.2 Å². The highest BCUT2D eigenvalue weighted by Crippen LogP contribution is 2.60. The van der Waals surface area contributed by atoms with Gasteiger partial charge in [0.25, 0.3) is 0 Å². The highest BCUT2D eigenvalue weighted by atomic mass is 79.9. The van der Waals surface area contributed by atoms with Crippen LogP contribution in [0, 0.1) is 17.3 Å². The molecule has 4 heteroatoms. The smallest absolute Gasteiger partial charge is 0.308 e. The van der Waals surface area contributed by atoms with Crippen molar-refractivity contribution in [3.8, 4) is 5.75 Å². The number of ketones is 1. The van der Waals surface area contributed by atoms with E-state index in [1.54, 1.807) is 0 Å². The van der Waals surface area contributed by atoms with Crippen LogP contribution in [0.5, 0.6) is 5.75 Å². The van der Waals surface area contributed by atoms with Gasteiger partial charge in [0.05, 0.1) is 4.83 Å². The maximum absolute atomic E-state index is 12.6. The number of alkyl halides is 1. The Morgan fingerprint density at radius 3 is 2.88 bits per heavy atom. The number of Topliss-reactive ketones (excluding diaryl/α,β-unsaturated/α-hetero) is 1. The van der Waals surface area contributed by atoms with Crippen LogP contribution in [-0.4, -0.2) is 16.6 Å². The third kappa shape index (κ3) is 2.37. The van der Waals surface area contributed by atoms with Gasteiger partial charge < -0.3 is 4.74 Å². The Kier molecular flexibility index (Phi) is 3.87. The number of aryl methyl sites for hydroxylation is 1. The normalized spacial score (nSPS) is 37.4. The number of hydrogen-bond acceptors (Lipinski definition) is 3. The number of hydrogen-bond donors (Lipinski definition) is 0. The molecule has 24 heavy (non-hydrogen) atoms. The lowest BCUT2D eigenvalue weighted by Gasteiger charge is -2.48. The van der Waals surface area contributed by atoms with Crippen molar-refractivity contribution in [2.45, 2.75) is 56.7 Å². The Labute approximate surface area is 151 Å². The van der Waals surface area contributed by atoms with Crippen LogP contribution in [0.15, 0.2) is 18.2 Å². The maximum atomic E-state index is 12.6. The molecule has 0 unspecified atom stereocenters. The summed E-state index contributed by atoms with van der Waals surface area (Å²) >= 11 is 3.61. The first-order valence-electron chi connectivity index (χ1n) is 8.90. The minimum absolute atomic E-state index is 0.0407. The Bertz CT molecular complexity index is 713. The largest absolute Gasteiger partial charge is 0.427 e. The molecule has 0 aromatic heterocycles. The maximum Gasteiger partial charge on any atom is 0.308 e. The number of benzene rings is 1. The second-order valence-corrected chi connectivity index (χ2v) is 9.00. The number of rotatable bonds is 1. The van der Waals surface area contributed by atoms with E-state index in [2.05, 4.69) is 28.9 Å². The molecule has 2 fully saturated rings. The zero-order chi connectivity index (χ0) is 17.1. The van der Waals surface area contributed by atoms with Crippen LogP contribution in [-0.2, 0) is 16.0 Å². The lowest BCUT2D eigenvalue weighted by Crippen LogP contribution is -2.42. The zero-order valence-electron chi connectivity index (χ0n) is 14.2. The zero-order valence-corrected chi connectivity index (χ0v) is 15.8. The number of carbonyl (C=O) groups excluding carboxylic acids is 2. The van der Waals surface area contributed by atoms with E-state index in [1.807, 2.05) is 12.1 Å². The fourth-order valence-corrected chi connectivity index (χ4v) is 6.46. The van der Waals surface area contributed by atoms with Gasteiger partial charge in [-0.25, -0.2) is 0 Å². The van der Waals surface area contributed by atoms with E-state index >= 15 is 0 Å². The van der Waals surface area contributed by atoms with E-state index in [9.17, 15) is 9.59 Å². The molecule has 3 aliphatic rings. The molecule has 0 amide bonds. The molecule has 0 radical (unpaired) electrons. The fourth-order valence-electron chi connectivity index (χ4n) is 5.54. The number of esters is 1. The van der Waals surface area contributed by atoms with Gasteiger partial charge in [0, 0.05) is 12.3 Å². The average Bonchev–Trinajstić information content (AvgIpc) is 2.77. The summed E-state index contributed by atoms with van der Waals surface area (Å²) in [5.41, 5.74) is 2.60. The van der Waals surface area contributed by atoms with E-state index in [0.717, 1.165) is 32.1 Å². The van der Waals surface area contributed by atoms with Gasteiger partial charge in [0.1, 0.15) is 5.75 Å². The van der Waals surface area contributed by atoms with Gasteiger partial charge in [-0.3, -0.25) is 9.59 Å². The molecule has 0 spiro atoms. The Morgan fingerprint density at radius 2 is 2.12 bits per heavy atom. The molecule has 5 atom stereocenters. The molecular weight excluding hydrogens is 368 g/mol. The molecule has 128 valence electrons. The van der Waals surface area contributed by atoms with Crippen LogP contribution in [0.1, 0.15) is 56.6 Å². The molecule has 0 bridgehead atoms. The quantitative estimate of drug-likeness (QED) is 0.405. The van der Waals surface area contributed by atoms with Crippen molar-refractivity contribution >= 4 is 27.7 Å². The number of carbonyl (C=O) groups is 2. The SMILES string of the molecule is CC(=O)Oc1ccc2c(c1)CC[C@H]1[C@H]3C[C@H](Br)C(=O)[C@@]3(C)CC[C@@H]21. The highest BCUT2D eigenvalue weighted by molar-refractivity contribution is 9.10. The third-order valence-electron chi connectivity index (χ3n) is 6.66. The molecule has 0 heterocycles. The standard InChI is InChI=1S/C20H23BrO3/c1-11(22)24-13-4-6-14-12(9-13)3-5-16-15(14)7-8-20(2)17(16)10-18(21)19(20)23/h4,6,9,15-18H,3,5,7-8,10H2,1-2H3/t15-,16+,17+,18-,20-/m0/s1. The number of halogens is 1. The van der Waals surface area contributed by atoms with Crippen molar-refractivity contribution in [2.75, 3.05) is 0 Å². The van der Waals surface area contributed by atoms with E-state index in [4.69, 9.17) is 4.74 Å². The molecule has 3 nitrogen and oxygen atoms in total. The van der Waals surface area contributed by atoms with Gasteiger partial charge in [0.15, 0.2) is 5.78 Å². The summed E-state index contributed by atoms with van der Waals surface area (Å²) in [6.45, 7) is 3.63. The summed E-state index contributed by atoms with van der Waals surface area (Å²) in [6.07, 6.45) is 5.21. The lowest BCUT2D eigenvalue weighted by molar-refractivity contribution is -0.132. The van der Waals surface area contributed by atoms with E-state index in [0.29, 0.717) is 29.3 Å². The summed E-state index contributed by atoms with van der Waals surface area (Å²) in [7, 11) is 0. The average molecular weight is 391 g/mol. The van der Waals surface area contributed by atoms with Crippen molar-refractivity contribution in [3.63, 3.8) is 0 Å². The topological polar surface area (TPSA) is 43.4 Å². The molecular formula is C20H23BrO3. The third-order valence-corrected chi connectivity index (χ3v) is 7.45. The summed E-state index contributed by atoms with van der Waals surface area (Å²) < 4.78 is 5.24. The number of ether oxygens (including phenoxy) is 1. The van der Waals surface area contributed by atoms with Crippen molar-refractivity contribution in [1.82, 2.24) is 0 Å². The first-order valence-corrected chi connectivity index (χ1v) is 9.81. The van der Waals surface area contributed by atoms with Crippen molar-refractivity contribution in [3.05, 3.63) is 29.3 Å². The van der Waals surface area contributed by atoms with Crippen LogP contribution in [0.2, 0.25) is 0 Å². The molecule has 0 aliphatic heterocycles. The summed E-state index contributed by atoms with van der Waals surface area (Å²) in [5.74, 6) is 2.43. The summed E-state index contributed by atoms with van der Waals surface area (Å²) in [5, 5.41) is 0. The Balaban J connectivity index is 1.65. The Hall–Kier alpha value is -1.16. The van der Waals surface area contributed by atoms with Crippen molar-refractivity contribution < 1.29 is 14.3 Å². The molecule has 1 aromatic carbocycles. The minimum atomic E-state index is -0.273. The van der Waals surface area contributed by atoms with Gasteiger partial charge in [-0.05, 0) is 73.1 Å². The van der Waals surface area contributed by atoms with Gasteiger partial charge >= 0.3 is 5.97 Å². The monoisotopic (exact) mass is 390 g/mol. The van der Waals surface area contributed by atoms with E-state index < -0.39 is 0 Å². The summed E-state index contributed by atoms with van der Waals surface area (Å²) in [6, 6.07) is 6.10. The van der Waals surface area contributed by atoms with Crippen LogP contribution in [0.3, 0.4) is 0 Å². The predicted molar refractivity (Wildman–Crippen MR) is 95.5 cm³/mol. The van der Waals surface area contributed by atoms with Crippen LogP contribution in [0.25, 0.3) is 0 Å².